The Bertz CT molecular complexity index is 4210. The van der Waals surface area contributed by atoms with Crippen molar-refractivity contribution in [3.05, 3.63) is 120 Å². The molecule has 12 rings (SSSR count). The van der Waals surface area contributed by atoms with Crippen LogP contribution in [0.1, 0.15) is 242 Å². The molecule has 8 fully saturated rings. The molecule has 3 aromatic carbocycles. The Hall–Kier alpha value is -8.39. The first-order chi connectivity index (χ1) is 63.5. The highest BCUT2D eigenvalue weighted by Crippen LogP contribution is 2.33. The molecule has 9 heterocycles. The van der Waals surface area contributed by atoms with Crippen LogP contribution in [-0.4, -0.2) is 269 Å². The van der Waals surface area contributed by atoms with Crippen molar-refractivity contribution in [1.29, 1.82) is 0 Å². The Labute approximate surface area is 800 Å². The number of para-hydroxylation sites is 1. The Morgan fingerprint density at radius 1 is 0.391 bits per heavy atom. The molecule has 0 radical (unpaired) electrons. The molecule has 8 amide bonds. The Morgan fingerprint density at radius 3 is 1.05 bits per heavy atom. The van der Waals surface area contributed by atoms with Gasteiger partial charge in [0.2, 0.25) is 47.3 Å². The van der Waals surface area contributed by atoms with Crippen molar-refractivity contribution in [1.82, 2.24) is 70.0 Å². The lowest BCUT2D eigenvalue weighted by atomic mass is 9.91. The van der Waals surface area contributed by atoms with Gasteiger partial charge in [-0.2, -0.15) is 0 Å². The molecule has 4 aromatic rings. The number of hydrogen-bond acceptors (Lipinski definition) is 16. The van der Waals surface area contributed by atoms with Crippen LogP contribution in [0.3, 0.4) is 0 Å². The van der Waals surface area contributed by atoms with E-state index in [1.165, 1.54) is 11.1 Å². The van der Waals surface area contributed by atoms with Gasteiger partial charge in [-0.15, -0.1) is 6.58 Å². The van der Waals surface area contributed by atoms with Gasteiger partial charge >= 0.3 is 0 Å². The van der Waals surface area contributed by atoms with Crippen molar-refractivity contribution < 1.29 is 52.6 Å². The molecule has 25 nitrogen and oxygen atoms in total. The molecule has 0 unspecified atom stereocenters. The van der Waals surface area contributed by atoms with E-state index in [0.29, 0.717) is 117 Å². The van der Waals surface area contributed by atoms with Crippen LogP contribution in [0.5, 0.6) is 17.2 Å². The van der Waals surface area contributed by atoms with E-state index < -0.39 is 0 Å². The van der Waals surface area contributed by atoms with Crippen LogP contribution in [0, 0.1) is 91.8 Å². The number of nitrogens with one attached hydrogen (secondary N) is 4. The predicted molar refractivity (Wildman–Crippen MR) is 533 cm³/mol. The van der Waals surface area contributed by atoms with E-state index in [9.17, 15) is 38.4 Å². The number of imidazole rings is 1. The lowest BCUT2D eigenvalue weighted by Gasteiger charge is -2.42. The molecular weight excluding hydrogens is 1670 g/mol. The number of piperazine rings is 4. The van der Waals surface area contributed by atoms with E-state index in [0.717, 1.165) is 229 Å². The van der Waals surface area contributed by atoms with Crippen molar-refractivity contribution in [2.75, 3.05) is 125 Å². The summed E-state index contributed by atoms with van der Waals surface area (Å²) in [6, 6.07) is 22.3. The third-order valence-corrected chi connectivity index (χ3v) is 27.7. The number of aryl methyl sites for hydroxylation is 4. The summed E-state index contributed by atoms with van der Waals surface area (Å²) in [7, 11) is 0. The molecule has 1 aromatic heterocycles. The maximum Gasteiger partial charge on any atom is 0.245 e. The number of ether oxygens (including phenoxy) is 3. The first kappa shape index (κ1) is 108. The topological polar surface area (TPSA) is 256 Å². The summed E-state index contributed by atoms with van der Waals surface area (Å²) in [5.41, 5.74) is 3.57. The van der Waals surface area contributed by atoms with Crippen molar-refractivity contribution in [3.8, 4) is 17.2 Å². The van der Waals surface area contributed by atoms with Crippen LogP contribution in [-0.2, 0) is 51.3 Å². The molecule has 8 atom stereocenters. The third-order valence-electron chi connectivity index (χ3n) is 27.7. The van der Waals surface area contributed by atoms with Gasteiger partial charge in [-0.05, 0) is 242 Å². The van der Waals surface area contributed by atoms with E-state index in [4.69, 9.17) is 14.2 Å². The fourth-order valence-corrected chi connectivity index (χ4v) is 20.2. The monoisotopic (exact) mass is 1840 g/mol. The second kappa shape index (κ2) is 54.5. The minimum atomic E-state index is -0.353. The first-order valence-electron chi connectivity index (χ1n) is 51.5. The lowest BCUT2D eigenvalue weighted by Crippen LogP contribution is -2.62. The van der Waals surface area contributed by atoms with Crippen LogP contribution in [0.15, 0.2) is 97.8 Å². The predicted octanol–water partition coefficient (Wildman–Crippen LogP) is 15.1. The highest BCUT2D eigenvalue weighted by atomic mass is 16.5. The summed E-state index contributed by atoms with van der Waals surface area (Å²) in [6.07, 6.45) is 21.5. The minimum Gasteiger partial charge on any atom is -0.493 e. The smallest absolute Gasteiger partial charge is 0.245 e. The van der Waals surface area contributed by atoms with Gasteiger partial charge in [-0.1, -0.05) is 165 Å². The lowest BCUT2D eigenvalue weighted by molar-refractivity contribution is -0.150. The van der Waals surface area contributed by atoms with Crippen molar-refractivity contribution in [3.63, 3.8) is 0 Å². The van der Waals surface area contributed by atoms with Crippen LogP contribution >= 0.6 is 0 Å². The summed E-state index contributed by atoms with van der Waals surface area (Å²) in [5, 5.41) is 13.5. The molecule has 4 N–H and O–H groups in total. The van der Waals surface area contributed by atoms with Crippen LogP contribution < -0.4 is 35.5 Å². The number of carbonyl (C=O) groups excluding carboxylic acids is 8. The number of benzene rings is 3. The summed E-state index contributed by atoms with van der Waals surface area (Å²) in [5.74, 6) is 9.84. The molecular formula is C108H174N14O11. The average Bonchev–Trinajstić information content (AvgIpc) is 0.942. The molecule has 25 heteroatoms. The van der Waals surface area contributed by atoms with E-state index in [2.05, 4.69) is 199 Å². The second-order valence-corrected chi connectivity index (χ2v) is 43.0. The summed E-state index contributed by atoms with van der Waals surface area (Å²) in [6.45, 7) is 58.6. The number of amides is 8. The van der Waals surface area contributed by atoms with Gasteiger partial charge in [0, 0.05) is 130 Å². The second-order valence-electron chi connectivity index (χ2n) is 43.0. The third kappa shape index (κ3) is 34.1. The molecule has 8 saturated heterocycles. The van der Waals surface area contributed by atoms with Crippen molar-refractivity contribution in [2.24, 2.45) is 71.0 Å². The standard InChI is InChI=1S/C27H45N5O2.3C27H43N3O3/c1-6-7-12-30-15-10-29-25(30)19-22-8-13-31(14-9-22)27(34)24(18-21(4)5)32-16-11-28-23(26(32)33)17-20(2)3;1-19(2)16-24-26(31)30(15-12-28-24)25(17-20(3)4)27(32)29-13-10-22(11-14-29)18-33-23-8-6-21(5)7-9-23;1-19(2)15-24-26(31)30(14-11-28-24)25(16-20(3)4)27(32)29-12-9-22(10-13-29)18-33-23-8-6-7-21(5)17-23;1-19(2)16-23-26(31)30(15-12-28-23)24(17-20(3)4)27(32)29-13-10-22(11-14-29)18-33-25-9-7-6-8-21(25)5/h6,10,15,20-24,28H,1,7-9,11-14,16-19H2,2-5H3;6-9,19-20,22,24-25,28H,10-18H2,1-5H3;6-8,17,19-20,22,24-25,28H,9-16,18H2,1-5H3;6-9,19-20,22-24,28H,10-18H2,1-5H3/t23-,24-;2*24-,25-;23-,24-/m0000/s1. The van der Waals surface area contributed by atoms with Crippen LogP contribution in [0.25, 0.3) is 0 Å². The zero-order valence-corrected chi connectivity index (χ0v) is 85.2. The highest BCUT2D eigenvalue weighted by Gasteiger charge is 2.45. The fraction of sp³-hybridized carbons (Fsp3) is 0.713. The van der Waals surface area contributed by atoms with E-state index in [1.807, 2.05) is 100 Å². The van der Waals surface area contributed by atoms with Crippen LogP contribution in [0.2, 0.25) is 0 Å². The van der Waals surface area contributed by atoms with Gasteiger partial charge in [0.15, 0.2) is 0 Å². The number of allylic oxidation sites excluding steroid dienone is 1. The summed E-state index contributed by atoms with van der Waals surface area (Å²) >= 11 is 0. The molecule has 0 spiro atoms. The maximum absolute atomic E-state index is 13.7. The van der Waals surface area contributed by atoms with Gasteiger partial charge in [0.1, 0.15) is 47.2 Å². The van der Waals surface area contributed by atoms with E-state index in [1.54, 1.807) is 0 Å². The quantitative estimate of drug-likeness (QED) is 0.0304. The van der Waals surface area contributed by atoms with Crippen LogP contribution in [0.4, 0.5) is 0 Å². The number of likely N-dealkylation sites (tertiary alicyclic amines) is 4. The number of nitrogens with zero attached hydrogens (tertiary/aromatic N) is 10. The molecule has 8 aliphatic heterocycles. The SMILES string of the molecule is C=CCCn1ccnc1CC1CCN(C(=O)[C@H](CC(C)C)N2CCN[C@@H](CC(C)C)C2=O)CC1.Cc1ccc(OCC2CCN(C(=O)[C@H](CC(C)C)N3CCN[C@@H](CC(C)C)C3=O)CC2)cc1.Cc1cccc(OCC2CCN(C(=O)[C@H](CC(C)C)N3CCN[C@@H](CC(C)C)C3=O)CC2)c1.Cc1ccccc1OCC1CCN(C(=O)[C@H](CC(C)C)N2CCN[C@@H](CC(C)C)C2=O)CC1. The normalized spacial score (nSPS) is 21.0. The largest absolute Gasteiger partial charge is 0.493 e. The van der Waals surface area contributed by atoms with Gasteiger partial charge in [-0.3, -0.25) is 38.4 Å². The number of aromatic nitrogens is 2. The zero-order chi connectivity index (χ0) is 96.5. The number of hydrogen-bond donors (Lipinski definition) is 4. The van der Waals surface area contributed by atoms with Crippen molar-refractivity contribution >= 4 is 47.3 Å². The minimum absolute atomic E-state index is 0.0929. The average molecular weight is 1840 g/mol. The Morgan fingerprint density at radius 2 is 0.722 bits per heavy atom. The highest BCUT2D eigenvalue weighted by molar-refractivity contribution is 5.93. The van der Waals surface area contributed by atoms with Gasteiger partial charge in [0.25, 0.3) is 0 Å². The number of rotatable bonds is 38. The molecule has 742 valence electrons. The molecule has 133 heavy (non-hydrogen) atoms. The molecule has 8 aliphatic rings. The van der Waals surface area contributed by atoms with Crippen molar-refractivity contribution in [2.45, 2.75) is 302 Å². The van der Waals surface area contributed by atoms with E-state index in [-0.39, 0.29) is 95.6 Å². The maximum atomic E-state index is 13.7. The summed E-state index contributed by atoms with van der Waals surface area (Å²) < 4.78 is 20.3. The zero-order valence-electron chi connectivity index (χ0n) is 85.2. The van der Waals surface area contributed by atoms with Gasteiger partial charge in [-0.25, -0.2) is 4.98 Å². The Balaban J connectivity index is 0.000000199. The van der Waals surface area contributed by atoms with E-state index >= 15 is 0 Å². The van der Waals surface area contributed by atoms with Gasteiger partial charge < -0.3 is 79.2 Å². The fourth-order valence-electron chi connectivity index (χ4n) is 20.2. The summed E-state index contributed by atoms with van der Waals surface area (Å²) in [4.78, 5) is 128. The molecule has 0 bridgehead atoms. The molecule has 0 aliphatic carbocycles. The van der Waals surface area contributed by atoms with Gasteiger partial charge in [0.05, 0.1) is 44.0 Å². The number of piperidine rings is 4. The number of carbonyl (C=O) groups is 8. The Kier molecular flexibility index (Phi) is 44.4. The first-order valence-corrected chi connectivity index (χ1v) is 51.5. The molecule has 0 saturated carbocycles.